The summed E-state index contributed by atoms with van der Waals surface area (Å²) >= 11 is 0. The molecule has 5 aliphatic rings. The summed E-state index contributed by atoms with van der Waals surface area (Å²) in [5.74, 6) is -0.188. The summed E-state index contributed by atoms with van der Waals surface area (Å²) in [5.41, 5.74) is 2.10. The number of nitrogens with zero attached hydrogens (tertiary/aromatic N) is 8. The van der Waals surface area contributed by atoms with Crippen molar-refractivity contribution in [1.82, 2.24) is 44.6 Å². The van der Waals surface area contributed by atoms with Crippen LogP contribution in [0.4, 0.5) is 14.9 Å². The molecule has 4 aliphatic heterocycles. The van der Waals surface area contributed by atoms with Crippen LogP contribution in [0.15, 0.2) is 35.3 Å². The number of aromatic nitrogens is 3. The molecule has 0 bridgehead atoms. The number of carbonyl (C=O) groups excluding carboxylic acids is 4. The number of likely N-dealkylation sites (tertiary alicyclic amines) is 2. The molecule has 4 saturated heterocycles. The number of amides is 4. The van der Waals surface area contributed by atoms with E-state index in [-0.39, 0.29) is 40.5 Å². The molecule has 0 saturated carbocycles. The molecule has 6 heterocycles. The Kier molecular flexibility index (Phi) is 15.4. The van der Waals surface area contributed by atoms with Crippen LogP contribution in [0, 0.1) is 17.7 Å². The fourth-order valence-corrected chi connectivity index (χ4v) is 10.3. The first-order valence-corrected chi connectivity index (χ1v) is 24.7. The maximum Gasteiger partial charge on any atom is 0.412 e. The molecule has 2 unspecified atom stereocenters. The van der Waals surface area contributed by atoms with Crippen molar-refractivity contribution in [3.63, 3.8) is 0 Å². The van der Waals surface area contributed by atoms with Crippen molar-refractivity contribution >= 4 is 41.7 Å². The first kappa shape index (κ1) is 48.9. The second kappa shape index (κ2) is 21.4. The van der Waals surface area contributed by atoms with Crippen LogP contribution >= 0.6 is 0 Å². The van der Waals surface area contributed by atoms with Crippen molar-refractivity contribution in [3.05, 3.63) is 85.1 Å². The molecule has 2 N–H and O–H groups in total. The van der Waals surface area contributed by atoms with E-state index in [2.05, 4.69) is 44.1 Å². The van der Waals surface area contributed by atoms with Gasteiger partial charge in [-0.2, -0.15) is 5.10 Å². The van der Waals surface area contributed by atoms with Gasteiger partial charge in [-0.3, -0.25) is 29.4 Å². The molecule has 366 valence electrons. The topological polar surface area (TPSA) is 168 Å². The summed E-state index contributed by atoms with van der Waals surface area (Å²) in [6.07, 6.45) is 10.1. The zero-order valence-electron chi connectivity index (χ0n) is 40.5. The molecule has 0 radical (unpaired) electrons. The van der Waals surface area contributed by atoms with Gasteiger partial charge in [0.1, 0.15) is 11.4 Å². The van der Waals surface area contributed by atoms with E-state index < -0.39 is 23.4 Å². The molecule has 17 heteroatoms. The Hall–Kier alpha value is -5.52. The van der Waals surface area contributed by atoms with Crippen molar-refractivity contribution in [2.75, 3.05) is 103 Å². The number of benzene rings is 1. The number of hydrogen-bond acceptors (Lipinski definition) is 11. The fourth-order valence-electron chi connectivity index (χ4n) is 10.3. The normalized spacial score (nSPS) is 21.1. The molecule has 1 aromatic carbocycles. The second-order valence-electron chi connectivity index (χ2n) is 20.4. The third-order valence-corrected chi connectivity index (χ3v) is 14.2. The number of piperazine rings is 2. The van der Waals surface area contributed by atoms with Gasteiger partial charge in [0.2, 0.25) is 5.91 Å². The highest BCUT2D eigenvalue weighted by atomic mass is 19.1. The molecule has 4 fully saturated rings. The summed E-state index contributed by atoms with van der Waals surface area (Å²) in [7, 11) is 0. The van der Waals surface area contributed by atoms with Crippen LogP contribution in [-0.4, -0.2) is 172 Å². The van der Waals surface area contributed by atoms with E-state index in [4.69, 9.17) is 9.72 Å². The smallest absolute Gasteiger partial charge is 0.412 e. The number of rotatable bonds is 11. The summed E-state index contributed by atoms with van der Waals surface area (Å²) in [4.78, 5) is 83.5. The molecule has 4 amide bonds. The molecule has 3 aromatic rings. The minimum absolute atomic E-state index is 0.0130. The highest BCUT2D eigenvalue weighted by Gasteiger charge is 2.32. The van der Waals surface area contributed by atoms with Gasteiger partial charge < -0.3 is 29.2 Å². The van der Waals surface area contributed by atoms with E-state index in [0.717, 1.165) is 95.2 Å². The summed E-state index contributed by atoms with van der Waals surface area (Å²) < 4.78 is 20.7. The van der Waals surface area contributed by atoms with Gasteiger partial charge in [0, 0.05) is 102 Å². The zero-order valence-corrected chi connectivity index (χ0v) is 40.5. The lowest BCUT2D eigenvalue weighted by Gasteiger charge is -2.40. The average molecular weight is 937 g/mol. The summed E-state index contributed by atoms with van der Waals surface area (Å²) in [6, 6.07) is 6.45. The Bertz CT molecular complexity index is 2520. The number of aromatic amines is 1. The van der Waals surface area contributed by atoms with Crippen LogP contribution in [0.2, 0.25) is 0 Å². The number of fused-ring (bicyclic) bond motifs is 1. The highest BCUT2D eigenvalue weighted by molar-refractivity contribution is 6.01. The predicted octanol–water partition coefficient (Wildman–Crippen LogP) is 3.50. The predicted molar refractivity (Wildman–Crippen MR) is 258 cm³/mol. The molecule has 16 nitrogen and oxygen atoms in total. The van der Waals surface area contributed by atoms with E-state index in [0.29, 0.717) is 80.3 Å². The van der Waals surface area contributed by atoms with Crippen molar-refractivity contribution < 1.29 is 28.3 Å². The number of hydrogen-bond donors (Lipinski definition) is 2. The number of anilines is 1. The molecular weight excluding hydrogens is 868 g/mol. The molecule has 2 aromatic heterocycles. The quantitative estimate of drug-likeness (QED) is 0.289. The molecule has 0 spiro atoms. The third-order valence-electron chi connectivity index (χ3n) is 14.2. The third kappa shape index (κ3) is 12.0. The van der Waals surface area contributed by atoms with Crippen molar-refractivity contribution in [2.45, 2.75) is 84.7 Å². The lowest BCUT2D eigenvalue weighted by Crippen LogP contribution is -2.55. The Morgan fingerprint density at radius 3 is 2.28 bits per heavy atom. The number of halogens is 1. The lowest BCUT2D eigenvalue weighted by molar-refractivity contribution is -0.134. The van der Waals surface area contributed by atoms with Crippen LogP contribution in [0.1, 0.15) is 110 Å². The SMILES string of the molecule is CCN1CCCC(c2cnc(C(=O)N3CCC(CN4CCN(CC(=O)N5CCN(C(=O)c6cc(Cc7n[nH]c(=O)c8c7=CC(C)CC=8)ccc6F)CC5)CC4)CC3)c(NC(=O)OC(C)(C)C)c2)C1. The molecule has 1 aliphatic carbocycles. The van der Waals surface area contributed by atoms with E-state index in [1.54, 1.807) is 21.9 Å². The number of ether oxygens (including phenoxy) is 1. The van der Waals surface area contributed by atoms with Gasteiger partial charge in [0.15, 0.2) is 5.69 Å². The van der Waals surface area contributed by atoms with Gasteiger partial charge in [-0.05, 0) is 113 Å². The van der Waals surface area contributed by atoms with Crippen molar-refractivity contribution in [1.29, 1.82) is 0 Å². The van der Waals surface area contributed by atoms with E-state index in [1.165, 1.54) is 6.07 Å². The summed E-state index contributed by atoms with van der Waals surface area (Å²) in [5, 5.41) is 11.1. The van der Waals surface area contributed by atoms with E-state index in [1.807, 2.05) is 50.1 Å². The minimum Gasteiger partial charge on any atom is -0.444 e. The van der Waals surface area contributed by atoms with Crippen molar-refractivity contribution in [3.8, 4) is 0 Å². The maximum atomic E-state index is 15.1. The monoisotopic (exact) mass is 937 g/mol. The van der Waals surface area contributed by atoms with Crippen LogP contribution < -0.4 is 21.3 Å². The fraction of sp³-hybridized carbons (Fsp3) is 0.588. The number of H-pyrrole nitrogens is 1. The maximum absolute atomic E-state index is 15.1. The van der Waals surface area contributed by atoms with Crippen LogP contribution in [-0.2, 0) is 16.0 Å². The number of nitrogens with one attached hydrogen (secondary N) is 2. The number of likely N-dealkylation sites (N-methyl/N-ethyl adjacent to an activating group) is 1. The van der Waals surface area contributed by atoms with E-state index in [9.17, 15) is 24.0 Å². The Morgan fingerprint density at radius 2 is 1.56 bits per heavy atom. The Balaban J connectivity index is 0.778. The van der Waals surface area contributed by atoms with Gasteiger partial charge in [-0.1, -0.05) is 32.1 Å². The highest BCUT2D eigenvalue weighted by Crippen LogP contribution is 2.31. The van der Waals surface area contributed by atoms with Gasteiger partial charge in [-0.15, -0.1) is 0 Å². The number of pyridine rings is 1. The lowest BCUT2D eigenvalue weighted by atomic mass is 9.91. The first-order chi connectivity index (χ1) is 32.6. The van der Waals surface area contributed by atoms with E-state index >= 15 is 4.39 Å². The molecular formula is C51H69FN10O6. The molecule has 68 heavy (non-hydrogen) atoms. The zero-order chi connectivity index (χ0) is 48.1. The first-order valence-electron chi connectivity index (χ1n) is 24.7. The van der Waals surface area contributed by atoms with Crippen LogP contribution in [0.25, 0.3) is 12.2 Å². The minimum atomic E-state index is -0.691. The van der Waals surface area contributed by atoms with Crippen molar-refractivity contribution in [2.24, 2.45) is 11.8 Å². The van der Waals surface area contributed by atoms with Gasteiger partial charge in [0.05, 0.1) is 23.5 Å². The van der Waals surface area contributed by atoms with Crippen LogP contribution in [0.5, 0.6) is 0 Å². The Morgan fingerprint density at radius 1 is 0.853 bits per heavy atom. The molecule has 8 rings (SSSR count). The van der Waals surface area contributed by atoms with Gasteiger partial charge in [0.25, 0.3) is 17.4 Å². The van der Waals surface area contributed by atoms with Gasteiger partial charge >= 0.3 is 6.09 Å². The van der Waals surface area contributed by atoms with Gasteiger partial charge in [-0.25, -0.2) is 19.3 Å². The largest absolute Gasteiger partial charge is 0.444 e. The number of carbonyl (C=O) groups is 4. The average Bonchev–Trinajstić information content (AvgIpc) is 3.33. The second-order valence-corrected chi connectivity index (χ2v) is 20.4. The number of piperidine rings is 2. The Labute approximate surface area is 398 Å². The molecule has 2 atom stereocenters. The summed E-state index contributed by atoms with van der Waals surface area (Å²) in [6.45, 7) is 19.8. The van der Waals surface area contributed by atoms with Crippen LogP contribution in [0.3, 0.4) is 0 Å². The standard InChI is InChI=1S/C51H69FN10O6/c1-6-57-15-7-8-37(32-57)38-29-44(54-50(67)68-51(3,4)5)46(53-30-38)49(66)61-16-13-35(14-17-61)31-58-18-20-59(21-19-58)33-45(63)60-22-24-62(25-23-60)48(65)41-27-36(10-12-42(41)52)28-43-40-26-34(2)9-11-39(40)47(64)56-55-43/h10-12,26-27,29-30,34-35,37H,6-9,13-25,28,31-33H2,1-5H3,(H,54,67)(H,56,64).